The summed E-state index contributed by atoms with van der Waals surface area (Å²) >= 11 is 0. The van der Waals surface area contributed by atoms with Crippen molar-refractivity contribution in [1.82, 2.24) is 10.2 Å². The number of nitrogens with zero attached hydrogens (tertiary/aromatic N) is 1. The molecule has 7 heteroatoms. The number of allylic oxidation sites excluding steroid dienone is 1. The quantitative estimate of drug-likeness (QED) is 0.609. The topological polar surface area (TPSA) is 99.1 Å². The van der Waals surface area contributed by atoms with Crippen LogP contribution >= 0.6 is 0 Å². The molecule has 5 atom stereocenters. The van der Waals surface area contributed by atoms with Crippen molar-refractivity contribution in [2.45, 2.75) is 57.3 Å². The lowest BCUT2D eigenvalue weighted by molar-refractivity contribution is -0.161. The van der Waals surface area contributed by atoms with Gasteiger partial charge in [0.15, 0.2) is 0 Å². The number of fused-ring (bicyclic) bond motifs is 1. The predicted octanol–water partition coefficient (Wildman–Crippen LogP) is 0.650. The molecule has 2 saturated heterocycles. The molecule has 2 unspecified atom stereocenters. The number of amides is 1. The molecule has 7 nitrogen and oxygen atoms in total. The average molecular weight is 350 g/mol. The molecule has 2 fully saturated rings. The number of carboxylic acids is 1. The second kappa shape index (κ2) is 6.90. The minimum absolute atomic E-state index is 0.0760. The summed E-state index contributed by atoms with van der Waals surface area (Å²) in [6.45, 7) is 4.14. The van der Waals surface area contributed by atoms with Crippen molar-refractivity contribution in [2.75, 3.05) is 13.7 Å². The molecule has 3 N–H and O–H groups in total. The number of β-lactam (4-membered cyclic amide) rings is 1. The number of aliphatic carboxylic acids is 1. The maximum absolute atomic E-state index is 12.2. The third-order valence-electron chi connectivity index (χ3n) is 5.50. The van der Waals surface area contributed by atoms with Gasteiger partial charge in [0, 0.05) is 19.2 Å². The van der Waals surface area contributed by atoms with Gasteiger partial charge in [-0.15, -0.1) is 0 Å². The molecule has 1 amide bonds. The smallest absolute Gasteiger partial charge is 0.352 e. The third-order valence-corrected chi connectivity index (χ3v) is 5.50. The van der Waals surface area contributed by atoms with Crippen molar-refractivity contribution in [1.29, 1.82) is 0 Å². The second-order valence-electron chi connectivity index (χ2n) is 7.23. The number of aliphatic hydroxyl groups excluding tert-OH is 1. The van der Waals surface area contributed by atoms with E-state index in [9.17, 15) is 19.8 Å². The summed E-state index contributed by atoms with van der Waals surface area (Å²) in [5, 5.41) is 22.9. The Morgan fingerprint density at radius 2 is 2.20 bits per heavy atom. The highest BCUT2D eigenvalue weighted by molar-refractivity contribution is 6.00. The van der Waals surface area contributed by atoms with Crippen LogP contribution in [0.1, 0.15) is 33.1 Å². The second-order valence-corrected chi connectivity index (χ2v) is 7.23. The standard InChI is InChI=1S/C18H26N2O5/c1-9(6-11-4-5-12(19-11)8-25-3)13-7-14-15(10(2)21)17(22)20(14)16(13)18(23)24/h6,10-12,14-15,19,21H,4-5,7-8H2,1-3H3,(H,23,24)/b9-6+/t10-,11?,12?,14-,15-/m1/s1. The molecule has 138 valence electrons. The molecule has 0 aromatic rings. The molecule has 0 saturated carbocycles. The first-order valence-electron chi connectivity index (χ1n) is 8.76. The summed E-state index contributed by atoms with van der Waals surface area (Å²) in [5.41, 5.74) is 1.66. The zero-order valence-corrected chi connectivity index (χ0v) is 14.9. The highest BCUT2D eigenvalue weighted by Gasteiger charge is 2.56. The van der Waals surface area contributed by atoms with Crippen LogP contribution in [-0.4, -0.2) is 64.9 Å². The Bertz CT molecular complexity index is 639. The van der Waals surface area contributed by atoms with Crippen LogP contribution in [0.15, 0.2) is 22.9 Å². The predicted molar refractivity (Wildman–Crippen MR) is 90.7 cm³/mol. The fraction of sp³-hybridized carbons (Fsp3) is 0.667. The van der Waals surface area contributed by atoms with Crippen molar-refractivity contribution in [3.8, 4) is 0 Å². The van der Waals surface area contributed by atoms with Crippen molar-refractivity contribution in [3.05, 3.63) is 22.9 Å². The number of carboxylic acid groups (broad SMARTS) is 1. The van der Waals surface area contributed by atoms with E-state index < -0.39 is 18.0 Å². The van der Waals surface area contributed by atoms with E-state index >= 15 is 0 Å². The van der Waals surface area contributed by atoms with Gasteiger partial charge in [-0.3, -0.25) is 4.79 Å². The van der Waals surface area contributed by atoms with Crippen LogP contribution in [0.25, 0.3) is 0 Å². The van der Waals surface area contributed by atoms with Crippen molar-refractivity contribution >= 4 is 11.9 Å². The zero-order chi connectivity index (χ0) is 18.3. The molecule has 3 aliphatic heterocycles. The minimum atomic E-state index is -1.08. The van der Waals surface area contributed by atoms with Gasteiger partial charge in [0.05, 0.1) is 24.7 Å². The lowest BCUT2D eigenvalue weighted by Crippen LogP contribution is -2.61. The van der Waals surface area contributed by atoms with Crippen molar-refractivity contribution in [3.63, 3.8) is 0 Å². The molecule has 0 bridgehead atoms. The van der Waals surface area contributed by atoms with Gasteiger partial charge in [-0.05, 0) is 44.3 Å². The fourth-order valence-electron chi connectivity index (χ4n) is 4.34. The first kappa shape index (κ1) is 18.1. The van der Waals surface area contributed by atoms with E-state index in [1.165, 1.54) is 4.90 Å². The van der Waals surface area contributed by atoms with E-state index in [2.05, 4.69) is 11.4 Å². The molecule has 0 aromatic heterocycles. The molecule has 0 aliphatic carbocycles. The highest BCUT2D eigenvalue weighted by atomic mass is 16.5. The first-order valence-corrected chi connectivity index (χ1v) is 8.76. The van der Waals surface area contributed by atoms with Crippen LogP contribution in [0.5, 0.6) is 0 Å². The van der Waals surface area contributed by atoms with Crippen LogP contribution in [0.4, 0.5) is 0 Å². The minimum Gasteiger partial charge on any atom is -0.477 e. The van der Waals surface area contributed by atoms with E-state index in [1.54, 1.807) is 14.0 Å². The molecule has 0 aromatic carbocycles. The molecule has 0 radical (unpaired) electrons. The van der Waals surface area contributed by atoms with Crippen molar-refractivity contribution < 1.29 is 24.5 Å². The Kier molecular flexibility index (Phi) is 4.99. The normalized spacial score (nSPS) is 33.5. The number of hydrogen-bond acceptors (Lipinski definition) is 5. The van der Waals surface area contributed by atoms with Crippen LogP contribution in [0.3, 0.4) is 0 Å². The number of rotatable bonds is 6. The summed E-state index contributed by atoms with van der Waals surface area (Å²) in [6, 6.07) is 0.255. The van der Waals surface area contributed by atoms with Crippen LogP contribution in [0, 0.1) is 5.92 Å². The fourth-order valence-corrected chi connectivity index (χ4v) is 4.34. The summed E-state index contributed by atoms with van der Waals surface area (Å²) < 4.78 is 5.17. The first-order chi connectivity index (χ1) is 11.8. The Balaban J connectivity index is 1.80. The maximum atomic E-state index is 12.2. The summed E-state index contributed by atoms with van der Waals surface area (Å²) in [5.74, 6) is -1.88. The molecular weight excluding hydrogens is 324 g/mol. The van der Waals surface area contributed by atoms with Gasteiger partial charge in [-0.1, -0.05) is 6.08 Å². The summed E-state index contributed by atoms with van der Waals surface area (Å²) in [7, 11) is 1.68. The van der Waals surface area contributed by atoms with Gasteiger partial charge >= 0.3 is 5.97 Å². The molecule has 25 heavy (non-hydrogen) atoms. The number of nitrogens with one attached hydrogen (secondary N) is 1. The maximum Gasteiger partial charge on any atom is 0.352 e. The third kappa shape index (κ3) is 3.12. The molecule has 3 aliphatic rings. The van der Waals surface area contributed by atoms with Crippen LogP contribution in [-0.2, 0) is 14.3 Å². The van der Waals surface area contributed by atoms with E-state index in [0.29, 0.717) is 24.6 Å². The van der Waals surface area contributed by atoms with Gasteiger partial charge in [0.25, 0.3) is 0 Å². The van der Waals surface area contributed by atoms with Gasteiger partial charge in [0.2, 0.25) is 5.91 Å². The monoisotopic (exact) mass is 350 g/mol. The Morgan fingerprint density at radius 1 is 1.48 bits per heavy atom. The largest absolute Gasteiger partial charge is 0.477 e. The molecular formula is C18H26N2O5. The van der Waals surface area contributed by atoms with Gasteiger partial charge in [-0.2, -0.15) is 0 Å². The SMILES string of the molecule is COCC1CCC(/C=C(\C)C2=C(C(=O)O)N3C(=O)[C@H]([C@@H](C)O)[C@H]3C2)N1. The molecule has 3 heterocycles. The van der Waals surface area contributed by atoms with Gasteiger partial charge in [0.1, 0.15) is 5.70 Å². The van der Waals surface area contributed by atoms with E-state index in [4.69, 9.17) is 4.74 Å². The zero-order valence-electron chi connectivity index (χ0n) is 14.9. The van der Waals surface area contributed by atoms with Crippen LogP contribution < -0.4 is 5.32 Å². The summed E-state index contributed by atoms with van der Waals surface area (Å²) in [6.07, 6.45) is 3.77. The Morgan fingerprint density at radius 3 is 2.80 bits per heavy atom. The van der Waals surface area contributed by atoms with E-state index in [-0.39, 0.29) is 23.7 Å². The number of carbonyl (C=O) groups excluding carboxylic acids is 1. The Hall–Kier alpha value is -1.70. The lowest BCUT2D eigenvalue weighted by Gasteiger charge is -2.44. The highest BCUT2D eigenvalue weighted by Crippen LogP contribution is 2.45. The average Bonchev–Trinajstić information content (AvgIpc) is 3.09. The van der Waals surface area contributed by atoms with Gasteiger partial charge < -0.3 is 25.2 Å². The summed E-state index contributed by atoms with van der Waals surface area (Å²) in [4.78, 5) is 25.3. The van der Waals surface area contributed by atoms with Crippen LogP contribution in [0.2, 0.25) is 0 Å². The van der Waals surface area contributed by atoms with E-state index in [0.717, 1.165) is 18.4 Å². The number of ether oxygens (including phenoxy) is 1. The Labute approximate surface area is 147 Å². The number of aliphatic hydroxyl groups is 1. The number of hydrogen-bond donors (Lipinski definition) is 3. The number of carbonyl (C=O) groups is 2. The number of methoxy groups -OCH3 is 1. The van der Waals surface area contributed by atoms with E-state index in [1.807, 2.05) is 6.92 Å². The van der Waals surface area contributed by atoms with Gasteiger partial charge in [-0.25, -0.2) is 4.79 Å². The molecule has 3 rings (SSSR count). The lowest BCUT2D eigenvalue weighted by atomic mass is 9.82. The molecule has 0 spiro atoms. The van der Waals surface area contributed by atoms with Crippen molar-refractivity contribution in [2.24, 2.45) is 5.92 Å².